The van der Waals surface area contributed by atoms with Crippen LogP contribution < -0.4 is 5.73 Å². The maximum atomic E-state index is 12.2. The smallest absolute Gasteiger partial charge is 0.239 e. The molecule has 0 aromatic carbocycles. The average molecular weight is 239 g/mol. The van der Waals surface area contributed by atoms with Gasteiger partial charge >= 0.3 is 0 Å². The van der Waals surface area contributed by atoms with Gasteiger partial charge < -0.3 is 10.6 Å². The van der Waals surface area contributed by atoms with E-state index in [0.717, 1.165) is 32.1 Å². The molecule has 1 aliphatic heterocycles. The number of nitrogens with two attached hydrogens (primary N) is 1. The molecule has 4 nitrogen and oxygen atoms in total. The van der Waals surface area contributed by atoms with Crippen molar-refractivity contribution in [2.75, 3.05) is 26.2 Å². The minimum atomic E-state index is -0.00896. The number of rotatable bonds is 5. The Balaban J connectivity index is 1.85. The molecule has 0 spiro atoms. The predicted octanol–water partition coefficient (Wildman–Crippen LogP) is 0.666. The van der Waals surface area contributed by atoms with Gasteiger partial charge in [0.05, 0.1) is 6.04 Å². The average Bonchev–Trinajstić information content (AvgIpc) is 3.09. The van der Waals surface area contributed by atoms with E-state index in [0.29, 0.717) is 0 Å². The van der Waals surface area contributed by atoms with Gasteiger partial charge in [0.15, 0.2) is 0 Å². The minimum Gasteiger partial charge on any atom is -0.342 e. The number of likely N-dealkylation sites (N-methyl/N-ethyl adjacent to an activating group) is 1. The molecule has 0 bridgehead atoms. The molecule has 1 heterocycles. The van der Waals surface area contributed by atoms with Crippen molar-refractivity contribution in [1.29, 1.82) is 0 Å². The van der Waals surface area contributed by atoms with Crippen molar-refractivity contribution in [3.05, 3.63) is 0 Å². The summed E-state index contributed by atoms with van der Waals surface area (Å²) in [6, 6.07) is -0.00896. The molecule has 98 valence electrons. The van der Waals surface area contributed by atoms with Crippen molar-refractivity contribution in [1.82, 2.24) is 9.80 Å². The van der Waals surface area contributed by atoms with Crippen LogP contribution >= 0.6 is 0 Å². The summed E-state index contributed by atoms with van der Waals surface area (Å²) in [7, 11) is 0. The maximum Gasteiger partial charge on any atom is 0.239 e. The molecule has 1 amide bonds. The Labute approximate surface area is 104 Å². The summed E-state index contributed by atoms with van der Waals surface area (Å²) in [6.45, 7) is 9.45. The first-order valence-corrected chi connectivity index (χ1v) is 6.83. The molecule has 2 aliphatic rings. The summed E-state index contributed by atoms with van der Waals surface area (Å²) in [5, 5.41) is 0. The Kier molecular flexibility index (Phi) is 3.46. The molecule has 0 radical (unpaired) electrons. The third kappa shape index (κ3) is 2.33. The fourth-order valence-corrected chi connectivity index (χ4v) is 2.86. The van der Waals surface area contributed by atoms with Crippen LogP contribution in [0.5, 0.6) is 0 Å². The van der Waals surface area contributed by atoms with E-state index >= 15 is 0 Å². The maximum absolute atomic E-state index is 12.2. The van der Waals surface area contributed by atoms with E-state index in [-0.39, 0.29) is 17.5 Å². The zero-order valence-electron chi connectivity index (χ0n) is 11.3. The number of likely N-dealkylation sites (tertiary alicyclic amines) is 1. The molecular formula is C13H25N3O. The number of carbonyl (C=O) groups excluding carboxylic acids is 1. The number of nitrogens with zero attached hydrogens (tertiary/aromatic N) is 2. The van der Waals surface area contributed by atoms with Gasteiger partial charge in [0.1, 0.15) is 0 Å². The lowest BCUT2D eigenvalue weighted by Gasteiger charge is -2.51. The van der Waals surface area contributed by atoms with Gasteiger partial charge in [-0.25, -0.2) is 0 Å². The standard InChI is InChI=1S/C13H25N3O/c1-4-15(5-2)12(17)10(3)16-8-13(14,9-16)11-6-7-11/h10-11H,4-9,14H2,1-3H3. The second-order valence-corrected chi connectivity index (χ2v) is 5.60. The normalized spacial score (nSPS) is 25.2. The van der Waals surface area contributed by atoms with E-state index in [1.54, 1.807) is 0 Å². The lowest BCUT2D eigenvalue weighted by molar-refractivity contribution is -0.139. The quantitative estimate of drug-likeness (QED) is 0.767. The minimum absolute atomic E-state index is 0.00896. The summed E-state index contributed by atoms with van der Waals surface area (Å²) in [6.07, 6.45) is 2.56. The van der Waals surface area contributed by atoms with Crippen LogP contribution in [0.3, 0.4) is 0 Å². The lowest BCUT2D eigenvalue weighted by Crippen LogP contribution is -2.71. The molecular weight excluding hydrogens is 214 g/mol. The van der Waals surface area contributed by atoms with Gasteiger partial charge in [0.2, 0.25) is 5.91 Å². The van der Waals surface area contributed by atoms with E-state index in [1.165, 1.54) is 12.8 Å². The van der Waals surface area contributed by atoms with Gasteiger partial charge in [-0.2, -0.15) is 0 Å². The van der Waals surface area contributed by atoms with Crippen LogP contribution in [0.1, 0.15) is 33.6 Å². The van der Waals surface area contributed by atoms with Crippen molar-refractivity contribution in [2.24, 2.45) is 11.7 Å². The Morgan fingerprint density at radius 2 is 1.94 bits per heavy atom. The van der Waals surface area contributed by atoms with Crippen LogP contribution in [-0.4, -0.2) is 53.5 Å². The highest BCUT2D eigenvalue weighted by Crippen LogP contribution is 2.43. The fourth-order valence-electron chi connectivity index (χ4n) is 2.86. The van der Waals surface area contributed by atoms with Gasteiger partial charge in [0.25, 0.3) is 0 Å². The molecule has 17 heavy (non-hydrogen) atoms. The molecule has 1 atom stereocenters. The monoisotopic (exact) mass is 239 g/mol. The molecule has 2 fully saturated rings. The third-order valence-corrected chi connectivity index (χ3v) is 4.37. The van der Waals surface area contributed by atoms with E-state index in [2.05, 4.69) is 4.90 Å². The van der Waals surface area contributed by atoms with E-state index in [1.807, 2.05) is 25.7 Å². The summed E-state index contributed by atoms with van der Waals surface area (Å²) in [4.78, 5) is 16.3. The van der Waals surface area contributed by atoms with Crippen LogP contribution in [0.2, 0.25) is 0 Å². The van der Waals surface area contributed by atoms with Gasteiger partial charge in [-0.1, -0.05) is 0 Å². The summed E-state index contributed by atoms with van der Waals surface area (Å²) >= 11 is 0. The SMILES string of the molecule is CCN(CC)C(=O)C(C)N1CC(N)(C2CC2)C1. The van der Waals surface area contributed by atoms with E-state index in [4.69, 9.17) is 5.73 Å². The lowest BCUT2D eigenvalue weighted by atomic mass is 9.84. The molecule has 4 heteroatoms. The Bertz CT molecular complexity index is 291. The Hall–Kier alpha value is -0.610. The molecule has 0 aromatic rings. The van der Waals surface area contributed by atoms with Gasteiger partial charge in [-0.15, -0.1) is 0 Å². The topological polar surface area (TPSA) is 49.6 Å². The van der Waals surface area contributed by atoms with Crippen LogP contribution in [-0.2, 0) is 4.79 Å². The first-order valence-electron chi connectivity index (χ1n) is 6.83. The Morgan fingerprint density at radius 3 is 2.35 bits per heavy atom. The van der Waals surface area contributed by atoms with Crippen LogP contribution in [0.25, 0.3) is 0 Å². The molecule has 0 aromatic heterocycles. The summed E-state index contributed by atoms with van der Waals surface area (Å²) < 4.78 is 0. The summed E-state index contributed by atoms with van der Waals surface area (Å²) in [5.41, 5.74) is 6.32. The van der Waals surface area contributed by atoms with Crippen molar-refractivity contribution in [3.8, 4) is 0 Å². The zero-order chi connectivity index (χ0) is 12.6. The highest BCUT2D eigenvalue weighted by molar-refractivity contribution is 5.81. The number of carbonyl (C=O) groups is 1. The fraction of sp³-hybridized carbons (Fsp3) is 0.923. The van der Waals surface area contributed by atoms with Crippen LogP contribution in [0, 0.1) is 5.92 Å². The number of hydrogen-bond acceptors (Lipinski definition) is 3. The number of amides is 1. The molecule has 1 saturated carbocycles. The van der Waals surface area contributed by atoms with Crippen molar-refractivity contribution in [3.63, 3.8) is 0 Å². The van der Waals surface area contributed by atoms with E-state index in [9.17, 15) is 4.79 Å². The van der Waals surface area contributed by atoms with E-state index < -0.39 is 0 Å². The van der Waals surface area contributed by atoms with Crippen molar-refractivity contribution >= 4 is 5.91 Å². The molecule has 1 unspecified atom stereocenters. The molecule has 2 rings (SSSR count). The largest absolute Gasteiger partial charge is 0.342 e. The first kappa shape index (κ1) is 12.8. The molecule has 2 N–H and O–H groups in total. The first-order chi connectivity index (χ1) is 8.01. The predicted molar refractivity (Wildman–Crippen MR) is 68.6 cm³/mol. The summed E-state index contributed by atoms with van der Waals surface area (Å²) in [5.74, 6) is 0.961. The highest BCUT2D eigenvalue weighted by Gasteiger charge is 2.52. The molecule has 1 aliphatic carbocycles. The highest BCUT2D eigenvalue weighted by atomic mass is 16.2. The van der Waals surface area contributed by atoms with Crippen molar-refractivity contribution in [2.45, 2.75) is 45.2 Å². The zero-order valence-corrected chi connectivity index (χ0v) is 11.3. The van der Waals surface area contributed by atoms with Crippen LogP contribution in [0.15, 0.2) is 0 Å². The second kappa shape index (κ2) is 4.58. The molecule has 1 saturated heterocycles. The van der Waals surface area contributed by atoms with Crippen molar-refractivity contribution < 1.29 is 4.79 Å². The van der Waals surface area contributed by atoms with Crippen LogP contribution in [0.4, 0.5) is 0 Å². The Morgan fingerprint density at radius 1 is 1.41 bits per heavy atom. The third-order valence-electron chi connectivity index (χ3n) is 4.37. The van der Waals surface area contributed by atoms with Gasteiger partial charge in [0, 0.05) is 31.7 Å². The van der Waals surface area contributed by atoms with Gasteiger partial charge in [-0.05, 0) is 39.5 Å². The second-order valence-electron chi connectivity index (χ2n) is 5.60. The number of hydrogen-bond donors (Lipinski definition) is 1. The van der Waals surface area contributed by atoms with Gasteiger partial charge in [-0.3, -0.25) is 9.69 Å².